The number of nitrogens with zero attached hydrogens (tertiary/aromatic N) is 4. The molecular weight excluding hydrogens is 424 g/mol. The molecule has 4 rings (SSSR count). The summed E-state index contributed by atoms with van der Waals surface area (Å²) < 4.78 is 54.2. The van der Waals surface area contributed by atoms with E-state index in [0.29, 0.717) is 24.5 Å². The number of rotatable bonds is 3. The molecule has 2 heterocycles. The summed E-state index contributed by atoms with van der Waals surface area (Å²) in [6, 6.07) is 14.3. The Bertz CT molecular complexity index is 1190. The predicted octanol–water partition coefficient (Wildman–Crippen LogP) is 4.47. The third-order valence-electron chi connectivity index (χ3n) is 5.40. The molecule has 1 aromatic heterocycles. The van der Waals surface area contributed by atoms with Gasteiger partial charge in [0.1, 0.15) is 17.6 Å². The molecule has 0 spiro atoms. The highest BCUT2D eigenvalue weighted by molar-refractivity contribution is 5.96. The summed E-state index contributed by atoms with van der Waals surface area (Å²) in [7, 11) is 0. The molecular formula is C23H18F4N4O. The summed E-state index contributed by atoms with van der Waals surface area (Å²) in [5.74, 6) is -0.859. The lowest BCUT2D eigenvalue weighted by atomic mass is 10.1. The van der Waals surface area contributed by atoms with Gasteiger partial charge in [0.05, 0.1) is 11.1 Å². The Morgan fingerprint density at radius 3 is 2.28 bits per heavy atom. The number of hydrogen-bond donors (Lipinski definition) is 0. The lowest BCUT2D eigenvalue weighted by Gasteiger charge is -2.36. The van der Waals surface area contributed by atoms with Gasteiger partial charge in [0.25, 0.3) is 5.91 Å². The van der Waals surface area contributed by atoms with E-state index in [1.807, 2.05) is 6.07 Å². The normalized spacial score (nSPS) is 14.3. The maximum Gasteiger partial charge on any atom is 0.416 e. The van der Waals surface area contributed by atoms with Crippen molar-refractivity contribution in [2.75, 3.05) is 31.1 Å². The fourth-order valence-electron chi connectivity index (χ4n) is 3.78. The Morgan fingerprint density at radius 2 is 1.62 bits per heavy atom. The second kappa shape index (κ2) is 8.38. The Hall–Kier alpha value is -3.80. The summed E-state index contributed by atoms with van der Waals surface area (Å²) in [5.41, 5.74) is 0.426. The first-order valence-corrected chi connectivity index (χ1v) is 9.87. The first kappa shape index (κ1) is 21.4. The van der Waals surface area contributed by atoms with E-state index in [0.717, 1.165) is 12.1 Å². The van der Waals surface area contributed by atoms with E-state index >= 15 is 0 Å². The van der Waals surface area contributed by atoms with Crippen LogP contribution in [0.25, 0.3) is 5.69 Å². The maximum absolute atomic E-state index is 13.7. The molecule has 5 nitrogen and oxygen atoms in total. The number of carbonyl (C=O) groups excluding carboxylic acids is 1. The summed E-state index contributed by atoms with van der Waals surface area (Å²) in [4.78, 5) is 16.6. The zero-order valence-corrected chi connectivity index (χ0v) is 16.8. The molecule has 3 aromatic rings. The van der Waals surface area contributed by atoms with E-state index in [2.05, 4.69) is 0 Å². The van der Waals surface area contributed by atoms with Crippen LogP contribution in [0, 0.1) is 17.1 Å². The van der Waals surface area contributed by atoms with Gasteiger partial charge in [0.2, 0.25) is 0 Å². The molecule has 1 aliphatic heterocycles. The third-order valence-corrected chi connectivity index (χ3v) is 5.40. The van der Waals surface area contributed by atoms with E-state index in [4.69, 9.17) is 0 Å². The topological polar surface area (TPSA) is 52.3 Å². The molecule has 32 heavy (non-hydrogen) atoms. The number of carbonyl (C=O) groups is 1. The summed E-state index contributed by atoms with van der Waals surface area (Å²) in [5, 5.41) is 9.45. The minimum atomic E-state index is -4.43. The lowest BCUT2D eigenvalue weighted by molar-refractivity contribution is -0.137. The van der Waals surface area contributed by atoms with Crippen LogP contribution in [0.5, 0.6) is 0 Å². The number of benzene rings is 2. The van der Waals surface area contributed by atoms with E-state index < -0.39 is 17.6 Å². The number of nitriles is 1. The average Bonchev–Trinajstić information content (AvgIpc) is 3.22. The van der Waals surface area contributed by atoms with Crippen LogP contribution < -0.4 is 4.90 Å². The maximum atomic E-state index is 13.7. The highest BCUT2D eigenvalue weighted by Crippen LogP contribution is 2.32. The quantitative estimate of drug-likeness (QED) is 0.563. The van der Waals surface area contributed by atoms with Crippen molar-refractivity contribution >= 4 is 11.6 Å². The van der Waals surface area contributed by atoms with Crippen LogP contribution in [0.1, 0.15) is 21.6 Å². The zero-order valence-electron chi connectivity index (χ0n) is 16.8. The van der Waals surface area contributed by atoms with Crippen molar-refractivity contribution in [1.82, 2.24) is 9.47 Å². The van der Waals surface area contributed by atoms with Crippen LogP contribution in [0.2, 0.25) is 0 Å². The van der Waals surface area contributed by atoms with Crippen LogP contribution >= 0.6 is 0 Å². The second-order valence-electron chi connectivity index (χ2n) is 7.37. The summed E-state index contributed by atoms with van der Waals surface area (Å²) in [6.07, 6.45) is -2.89. The van der Waals surface area contributed by atoms with Gasteiger partial charge in [0.15, 0.2) is 0 Å². The average molecular weight is 442 g/mol. The van der Waals surface area contributed by atoms with E-state index in [-0.39, 0.29) is 30.3 Å². The molecule has 0 radical (unpaired) electrons. The third kappa shape index (κ3) is 4.17. The smallest absolute Gasteiger partial charge is 0.368 e. The van der Waals surface area contributed by atoms with Crippen LogP contribution in [0.3, 0.4) is 0 Å². The van der Waals surface area contributed by atoms with Crippen molar-refractivity contribution in [1.29, 1.82) is 5.26 Å². The van der Waals surface area contributed by atoms with Crippen LogP contribution in [-0.4, -0.2) is 41.6 Å². The molecule has 1 fully saturated rings. The van der Waals surface area contributed by atoms with Crippen molar-refractivity contribution < 1.29 is 22.4 Å². The van der Waals surface area contributed by atoms with Gasteiger partial charge in [-0.25, -0.2) is 4.39 Å². The Kier molecular flexibility index (Phi) is 5.61. The monoisotopic (exact) mass is 442 g/mol. The van der Waals surface area contributed by atoms with E-state index in [1.54, 1.807) is 28.1 Å². The van der Waals surface area contributed by atoms with Crippen molar-refractivity contribution in [2.24, 2.45) is 0 Å². The highest BCUT2D eigenvalue weighted by Gasteiger charge is 2.32. The van der Waals surface area contributed by atoms with Gasteiger partial charge < -0.3 is 14.4 Å². The van der Waals surface area contributed by atoms with Crippen molar-refractivity contribution in [2.45, 2.75) is 6.18 Å². The molecule has 164 valence electrons. The molecule has 1 aliphatic rings. The van der Waals surface area contributed by atoms with Gasteiger partial charge in [-0.1, -0.05) is 12.1 Å². The molecule has 0 saturated carbocycles. The largest absolute Gasteiger partial charge is 0.416 e. The van der Waals surface area contributed by atoms with Crippen LogP contribution in [-0.2, 0) is 6.18 Å². The van der Waals surface area contributed by atoms with E-state index in [9.17, 15) is 27.6 Å². The molecule has 0 N–H and O–H groups in total. The molecule has 0 bridgehead atoms. The van der Waals surface area contributed by atoms with Crippen LogP contribution in [0.15, 0.2) is 60.8 Å². The van der Waals surface area contributed by atoms with Gasteiger partial charge in [-0.2, -0.15) is 18.4 Å². The number of alkyl halides is 3. The van der Waals surface area contributed by atoms with Gasteiger partial charge >= 0.3 is 6.18 Å². The molecule has 0 unspecified atom stereocenters. The second-order valence-corrected chi connectivity index (χ2v) is 7.37. The molecule has 1 saturated heterocycles. The minimum absolute atomic E-state index is 0.130. The zero-order chi connectivity index (χ0) is 22.9. The number of aromatic nitrogens is 1. The minimum Gasteiger partial charge on any atom is -0.368 e. The van der Waals surface area contributed by atoms with Gasteiger partial charge in [0, 0.05) is 43.8 Å². The first-order valence-electron chi connectivity index (χ1n) is 9.87. The lowest BCUT2D eigenvalue weighted by Crippen LogP contribution is -2.49. The first-order chi connectivity index (χ1) is 15.3. The van der Waals surface area contributed by atoms with Gasteiger partial charge in [-0.15, -0.1) is 0 Å². The molecule has 1 amide bonds. The number of halogens is 4. The number of hydrogen-bond acceptors (Lipinski definition) is 3. The molecule has 0 atom stereocenters. The van der Waals surface area contributed by atoms with Crippen molar-refractivity contribution in [3.63, 3.8) is 0 Å². The Labute approximate surface area is 181 Å². The fraction of sp³-hybridized carbons (Fsp3) is 0.217. The van der Waals surface area contributed by atoms with E-state index in [1.165, 1.54) is 34.9 Å². The summed E-state index contributed by atoms with van der Waals surface area (Å²) >= 11 is 0. The molecule has 2 aromatic carbocycles. The number of piperazine rings is 1. The standard InChI is InChI=1S/C23H18F4N4O/c24-18-4-2-6-20(14-18)31-8-7-16(15-28)21(31)22(32)30-11-9-29(10-12-30)19-5-1-3-17(13-19)23(25,26)27/h1-8,13-14H,9-12H2. The fourth-order valence-corrected chi connectivity index (χ4v) is 3.78. The van der Waals surface area contributed by atoms with Gasteiger partial charge in [-0.05, 0) is 42.5 Å². The predicted molar refractivity (Wildman–Crippen MR) is 110 cm³/mol. The Balaban J connectivity index is 1.54. The van der Waals surface area contributed by atoms with Crippen molar-refractivity contribution in [3.8, 4) is 11.8 Å². The molecule has 9 heteroatoms. The Morgan fingerprint density at radius 1 is 0.938 bits per heavy atom. The summed E-state index contributed by atoms with van der Waals surface area (Å²) in [6.45, 7) is 1.23. The molecule has 0 aliphatic carbocycles. The number of amides is 1. The SMILES string of the molecule is N#Cc1ccn(-c2cccc(F)c2)c1C(=O)N1CCN(c2cccc(C(F)(F)F)c2)CC1. The highest BCUT2D eigenvalue weighted by atomic mass is 19.4. The number of anilines is 1. The van der Waals surface area contributed by atoms with Crippen molar-refractivity contribution in [3.05, 3.63) is 83.4 Å². The van der Waals surface area contributed by atoms with Crippen LogP contribution in [0.4, 0.5) is 23.2 Å². The van der Waals surface area contributed by atoms with Gasteiger partial charge in [-0.3, -0.25) is 4.79 Å².